The average molecular weight is 181 g/mol. The van der Waals surface area contributed by atoms with Crippen LogP contribution in [-0.4, -0.2) is 16.4 Å². The van der Waals surface area contributed by atoms with Gasteiger partial charge in [0.25, 0.3) is 0 Å². The molecule has 0 bridgehead atoms. The zero-order valence-electron chi connectivity index (χ0n) is 8.08. The lowest BCUT2D eigenvalue weighted by atomic mass is 10.3. The largest absolute Gasteiger partial charge is 0.492 e. The molecule has 1 aromatic heterocycles. The van der Waals surface area contributed by atoms with Crippen LogP contribution in [0.2, 0.25) is 0 Å². The molecule has 72 valence electrons. The summed E-state index contributed by atoms with van der Waals surface area (Å²) in [6.45, 7) is 6.76. The molecule has 0 saturated heterocycles. The number of rotatable bonds is 4. The molecule has 1 heterocycles. The molecule has 0 spiro atoms. The minimum Gasteiger partial charge on any atom is -0.492 e. The van der Waals surface area contributed by atoms with Crippen molar-refractivity contribution in [3.05, 3.63) is 24.0 Å². The highest BCUT2D eigenvalue weighted by Crippen LogP contribution is 2.12. The van der Waals surface area contributed by atoms with Crippen LogP contribution in [0, 0.1) is 0 Å². The third kappa shape index (κ3) is 2.09. The van der Waals surface area contributed by atoms with Crippen LogP contribution >= 0.6 is 0 Å². The molecule has 0 amide bonds. The summed E-state index contributed by atoms with van der Waals surface area (Å²) < 4.78 is 6.97. The van der Waals surface area contributed by atoms with Crippen molar-refractivity contribution in [3.8, 4) is 0 Å². The van der Waals surface area contributed by atoms with Crippen molar-refractivity contribution >= 4 is 5.76 Å². The van der Waals surface area contributed by atoms with Crippen molar-refractivity contribution in [1.82, 2.24) is 9.78 Å². The summed E-state index contributed by atoms with van der Waals surface area (Å²) >= 11 is 0. The van der Waals surface area contributed by atoms with Crippen LogP contribution in [0.15, 0.2) is 12.6 Å². The first-order chi connectivity index (χ1) is 6.19. The third-order valence-electron chi connectivity index (χ3n) is 1.79. The zero-order valence-corrected chi connectivity index (χ0v) is 8.08. The Bertz CT molecular complexity index is 304. The number of hydrogen-bond donors (Lipinski definition) is 1. The van der Waals surface area contributed by atoms with Crippen molar-refractivity contribution in [1.29, 1.82) is 0 Å². The topological polar surface area (TPSA) is 53.1 Å². The Hall–Kier alpha value is -1.29. The second-order valence-electron chi connectivity index (χ2n) is 2.70. The van der Waals surface area contributed by atoms with Gasteiger partial charge in [0.2, 0.25) is 0 Å². The van der Waals surface area contributed by atoms with Crippen molar-refractivity contribution in [2.24, 2.45) is 12.8 Å². The number of aryl methyl sites for hydroxylation is 1. The van der Waals surface area contributed by atoms with Gasteiger partial charge in [-0.3, -0.25) is 4.68 Å². The highest BCUT2D eigenvalue weighted by Gasteiger charge is 2.06. The van der Waals surface area contributed by atoms with Gasteiger partial charge >= 0.3 is 0 Å². The van der Waals surface area contributed by atoms with E-state index in [4.69, 9.17) is 10.5 Å². The van der Waals surface area contributed by atoms with Gasteiger partial charge < -0.3 is 10.5 Å². The van der Waals surface area contributed by atoms with E-state index in [0.29, 0.717) is 18.9 Å². The van der Waals surface area contributed by atoms with E-state index in [-0.39, 0.29) is 0 Å². The Kier molecular flexibility index (Phi) is 3.08. The predicted molar refractivity (Wildman–Crippen MR) is 51.8 cm³/mol. The molecule has 0 aliphatic rings. The van der Waals surface area contributed by atoms with Gasteiger partial charge in [-0.1, -0.05) is 6.58 Å². The molecule has 0 radical (unpaired) electrons. The van der Waals surface area contributed by atoms with E-state index in [1.807, 2.05) is 20.0 Å². The zero-order chi connectivity index (χ0) is 9.84. The lowest BCUT2D eigenvalue weighted by molar-refractivity contribution is 0.297. The van der Waals surface area contributed by atoms with E-state index in [9.17, 15) is 0 Å². The van der Waals surface area contributed by atoms with Crippen LogP contribution in [0.1, 0.15) is 18.3 Å². The minimum absolute atomic E-state index is 0.475. The average Bonchev–Trinajstić information content (AvgIpc) is 2.47. The number of nitrogens with zero attached hydrogens (tertiary/aromatic N) is 2. The van der Waals surface area contributed by atoms with E-state index in [1.165, 1.54) is 0 Å². The van der Waals surface area contributed by atoms with Crippen LogP contribution in [0.4, 0.5) is 0 Å². The molecule has 0 aromatic carbocycles. The molecule has 4 nitrogen and oxygen atoms in total. The Balaban J connectivity index is 2.84. The van der Waals surface area contributed by atoms with Gasteiger partial charge in [0, 0.05) is 13.6 Å². The first-order valence-corrected chi connectivity index (χ1v) is 4.24. The fourth-order valence-corrected chi connectivity index (χ4v) is 1.08. The second-order valence-corrected chi connectivity index (χ2v) is 2.70. The number of aromatic nitrogens is 2. The standard InChI is InChI=1S/C9H15N3O/c1-4-13-7(2)9-5-8(6-10)12(3)11-9/h5H,2,4,6,10H2,1,3H3. The Morgan fingerprint density at radius 2 is 2.46 bits per heavy atom. The van der Waals surface area contributed by atoms with Crippen LogP contribution in [-0.2, 0) is 18.3 Å². The molecule has 0 aliphatic heterocycles. The summed E-state index contributed by atoms with van der Waals surface area (Å²) in [5, 5.41) is 4.21. The van der Waals surface area contributed by atoms with Gasteiger partial charge in [-0.05, 0) is 13.0 Å². The predicted octanol–water partition coefficient (Wildman–Crippen LogP) is 0.886. The van der Waals surface area contributed by atoms with Crippen molar-refractivity contribution in [2.45, 2.75) is 13.5 Å². The van der Waals surface area contributed by atoms with E-state index in [1.54, 1.807) is 4.68 Å². The van der Waals surface area contributed by atoms with Gasteiger partial charge in [0.15, 0.2) is 0 Å². The number of hydrogen-bond acceptors (Lipinski definition) is 3. The maximum atomic E-state index is 5.51. The van der Waals surface area contributed by atoms with E-state index in [0.717, 1.165) is 11.4 Å². The van der Waals surface area contributed by atoms with Crippen molar-refractivity contribution in [2.75, 3.05) is 6.61 Å². The summed E-state index contributed by atoms with van der Waals surface area (Å²) in [6.07, 6.45) is 0. The fraction of sp³-hybridized carbons (Fsp3) is 0.444. The van der Waals surface area contributed by atoms with Crippen molar-refractivity contribution in [3.63, 3.8) is 0 Å². The second kappa shape index (κ2) is 4.09. The molecule has 13 heavy (non-hydrogen) atoms. The summed E-state index contributed by atoms with van der Waals surface area (Å²) in [5.74, 6) is 0.595. The van der Waals surface area contributed by atoms with Gasteiger partial charge in [-0.25, -0.2) is 0 Å². The molecule has 1 aromatic rings. The molecule has 0 fully saturated rings. The highest BCUT2D eigenvalue weighted by atomic mass is 16.5. The lowest BCUT2D eigenvalue weighted by Crippen LogP contribution is -2.03. The Labute approximate surface area is 78.0 Å². The first-order valence-electron chi connectivity index (χ1n) is 4.24. The molecule has 0 atom stereocenters. The smallest absolute Gasteiger partial charge is 0.139 e. The first kappa shape index (κ1) is 9.80. The van der Waals surface area contributed by atoms with Gasteiger partial charge in [0.05, 0.1) is 12.3 Å². The SMILES string of the molecule is C=C(OCC)c1cc(CN)n(C)n1. The lowest BCUT2D eigenvalue weighted by Gasteiger charge is -2.01. The monoisotopic (exact) mass is 181 g/mol. The molecular weight excluding hydrogens is 166 g/mol. The van der Waals surface area contributed by atoms with Gasteiger partial charge in [-0.15, -0.1) is 0 Å². The molecule has 1 rings (SSSR count). The summed E-state index contributed by atoms with van der Waals surface area (Å²) in [4.78, 5) is 0. The maximum absolute atomic E-state index is 5.51. The van der Waals surface area contributed by atoms with Crippen LogP contribution in [0.25, 0.3) is 5.76 Å². The molecule has 0 unspecified atom stereocenters. The molecule has 4 heteroatoms. The molecule has 2 N–H and O–H groups in total. The summed E-state index contributed by atoms with van der Waals surface area (Å²) in [7, 11) is 1.85. The third-order valence-corrected chi connectivity index (χ3v) is 1.79. The Morgan fingerprint density at radius 3 is 2.92 bits per heavy atom. The van der Waals surface area contributed by atoms with E-state index >= 15 is 0 Å². The maximum Gasteiger partial charge on any atom is 0.139 e. The van der Waals surface area contributed by atoms with E-state index < -0.39 is 0 Å². The van der Waals surface area contributed by atoms with Crippen LogP contribution in [0.5, 0.6) is 0 Å². The summed E-state index contributed by atoms with van der Waals surface area (Å²) in [6, 6.07) is 1.89. The minimum atomic E-state index is 0.475. The molecular formula is C9H15N3O. The normalized spacial score (nSPS) is 10.1. The van der Waals surface area contributed by atoms with Gasteiger partial charge in [-0.2, -0.15) is 5.10 Å². The van der Waals surface area contributed by atoms with E-state index in [2.05, 4.69) is 11.7 Å². The molecule has 0 aliphatic carbocycles. The van der Waals surface area contributed by atoms with Crippen LogP contribution in [0.3, 0.4) is 0 Å². The quantitative estimate of drug-likeness (QED) is 0.702. The van der Waals surface area contributed by atoms with Crippen LogP contribution < -0.4 is 5.73 Å². The fourth-order valence-electron chi connectivity index (χ4n) is 1.08. The summed E-state index contributed by atoms with van der Waals surface area (Å²) in [5.41, 5.74) is 7.23. The number of nitrogens with two attached hydrogens (primary N) is 1. The van der Waals surface area contributed by atoms with Gasteiger partial charge in [0.1, 0.15) is 11.5 Å². The number of ether oxygens (including phenoxy) is 1. The Morgan fingerprint density at radius 1 is 1.77 bits per heavy atom. The highest BCUT2D eigenvalue weighted by molar-refractivity contribution is 5.53. The van der Waals surface area contributed by atoms with Crippen molar-refractivity contribution < 1.29 is 4.74 Å². The molecule has 0 saturated carbocycles.